The summed E-state index contributed by atoms with van der Waals surface area (Å²) in [7, 11) is -1.50. The van der Waals surface area contributed by atoms with E-state index in [1.54, 1.807) is 7.76 Å². The van der Waals surface area contributed by atoms with Gasteiger partial charge < -0.3 is 24.8 Å². The van der Waals surface area contributed by atoms with Crippen LogP contribution < -0.4 is 24.8 Å². The van der Waals surface area contributed by atoms with E-state index in [-0.39, 0.29) is 44.0 Å². The second kappa shape index (κ2) is 10.1. The molecule has 0 saturated heterocycles. The van der Waals surface area contributed by atoms with E-state index in [9.17, 15) is 0 Å². The number of hydrogen-bond donors (Lipinski definition) is 0. The molecule has 0 radical (unpaired) electrons. The number of rotatable bonds is 7. The van der Waals surface area contributed by atoms with E-state index >= 15 is 0 Å². The Morgan fingerprint density at radius 2 is 1.71 bits per heavy atom. The molecule has 0 spiro atoms. The topological polar surface area (TPSA) is 9.23 Å². The van der Waals surface area contributed by atoms with E-state index in [4.69, 9.17) is 4.43 Å². The molecule has 2 rings (SSSR count). The fourth-order valence-electron chi connectivity index (χ4n) is 2.63. The van der Waals surface area contributed by atoms with Crippen molar-refractivity contribution >= 4 is 8.32 Å². The van der Waals surface area contributed by atoms with Gasteiger partial charge in [-0.15, -0.1) is 0 Å². The summed E-state index contributed by atoms with van der Waals surface area (Å²) in [5.74, 6) is 1.25. The first-order chi connectivity index (χ1) is 9.23. The van der Waals surface area contributed by atoms with Crippen LogP contribution in [0.15, 0.2) is 43.9 Å². The summed E-state index contributed by atoms with van der Waals surface area (Å²) in [6.07, 6.45) is 13.6. The Balaban J connectivity index is 0.00000200. The molecule has 2 aliphatic rings. The molecule has 0 atom stereocenters. The van der Waals surface area contributed by atoms with Crippen LogP contribution in [0.5, 0.6) is 0 Å². The van der Waals surface area contributed by atoms with E-state index in [1.807, 2.05) is 0 Å². The van der Waals surface area contributed by atoms with Crippen molar-refractivity contribution in [1.82, 2.24) is 0 Å². The Hall–Kier alpha value is 0.271. The summed E-state index contributed by atoms with van der Waals surface area (Å²) >= 11 is -0.127. The van der Waals surface area contributed by atoms with Crippen LogP contribution in [-0.4, -0.2) is 8.32 Å². The maximum Gasteiger partial charge on any atom is -1.00 e. The molecule has 0 aromatic heterocycles. The minimum Gasteiger partial charge on any atom is -1.00 e. The molecule has 0 unspecified atom stereocenters. The van der Waals surface area contributed by atoms with Gasteiger partial charge in [-0.1, -0.05) is 0 Å². The summed E-state index contributed by atoms with van der Waals surface area (Å²) in [6, 6.07) is 3.69. The number of halogens is 2. The Morgan fingerprint density at radius 1 is 1.05 bits per heavy atom. The van der Waals surface area contributed by atoms with E-state index in [1.165, 1.54) is 30.3 Å². The summed E-state index contributed by atoms with van der Waals surface area (Å²) in [5.41, 5.74) is 0. The van der Waals surface area contributed by atoms with Crippen LogP contribution in [-0.2, 0) is 23.6 Å². The van der Waals surface area contributed by atoms with Gasteiger partial charge in [0.05, 0.1) is 0 Å². The van der Waals surface area contributed by atoms with Crippen molar-refractivity contribution in [3.8, 4) is 0 Å². The molecule has 2 aliphatic carbocycles. The van der Waals surface area contributed by atoms with E-state index < -0.39 is 8.32 Å². The standard InChI is InChI=1S/C11H19OSi.C5H5.2ClH.Ti/c1-4-13(5-2,6-3)12-11-9-7-8-10-11;1-2-4-5-3-1;;;/h7,9H,4-6,8H2,1-3H3;1-3H,4H2;2*1H;/q;;;;+2/p-2. The molecular formula is C16H24Cl2OSiTi. The first-order valence-corrected chi connectivity index (χ1v) is 11.5. The van der Waals surface area contributed by atoms with Crippen LogP contribution in [0.25, 0.3) is 0 Å². The summed E-state index contributed by atoms with van der Waals surface area (Å²) in [4.78, 5) is 0. The van der Waals surface area contributed by atoms with Gasteiger partial charge in [-0.2, -0.15) is 0 Å². The first-order valence-electron chi connectivity index (χ1n) is 7.44. The maximum absolute atomic E-state index is 6.58. The zero-order valence-corrected chi connectivity index (χ0v) is 17.2. The van der Waals surface area contributed by atoms with Crippen molar-refractivity contribution < 1.29 is 48.4 Å². The third kappa shape index (κ3) is 5.44. The van der Waals surface area contributed by atoms with Crippen molar-refractivity contribution in [2.24, 2.45) is 0 Å². The average Bonchev–Trinajstić information content (AvgIpc) is 3.09. The van der Waals surface area contributed by atoms with Gasteiger partial charge in [0.15, 0.2) is 0 Å². The largest absolute Gasteiger partial charge is 1.00 e. The van der Waals surface area contributed by atoms with Crippen molar-refractivity contribution in [2.75, 3.05) is 0 Å². The zero-order chi connectivity index (χ0) is 13.7. The van der Waals surface area contributed by atoms with Gasteiger partial charge in [-0.3, -0.25) is 0 Å². The molecule has 0 aliphatic heterocycles. The predicted molar refractivity (Wildman–Crippen MR) is 80.9 cm³/mol. The Labute approximate surface area is 151 Å². The second-order valence-electron chi connectivity index (χ2n) is 5.24. The molecule has 0 fully saturated rings. The van der Waals surface area contributed by atoms with Gasteiger partial charge in [0.2, 0.25) is 0 Å². The minimum atomic E-state index is -1.50. The van der Waals surface area contributed by atoms with Crippen LogP contribution >= 0.6 is 0 Å². The Bertz CT molecular complexity index is 443. The van der Waals surface area contributed by atoms with E-state index in [0.29, 0.717) is 0 Å². The van der Waals surface area contributed by atoms with Crippen LogP contribution in [0.3, 0.4) is 0 Å². The molecule has 0 N–H and O–H groups in total. The van der Waals surface area contributed by atoms with Gasteiger partial charge in [0.1, 0.15) is 0 Å². The second-order valence-corrected chi connectivity index (χ2v) is 12.3. The Morgan fingerprint density at radius 3 is 2.24 bits per heavy atom. The summed E-state index contributed by atoms with van der Waals surface area (Å²) in [5, 5.41) is 0. The van der Waals surface area contributed by atoms with Crippen molar-refractivity contribution in [3.05, 3.63) is 43.9 Å². The molecule has 0 aromatic carbocycles. The molecule has 0 aromatic rings. The van der Waals surface area contributed by atoms with Crippen LogP contribution in [0.4, 0.5) is 0 Å². The first kappa shape index (κ1) is 21.3. The van der Waals surface area contributed by atoms with Crippen LogP contribution in [0.1, 0.15) is 33.6 Å². The average molecular weight is 379 g/mol. The van der Waals surface area contributed by atoms with E-state index in [2.05, 4.69) is 51.2 Å². The maximum atomic E-state index is 6.58. The molecule has 116 valence electrons. The monoisotopic (exact) mass is 378 g/mol. The van der Waals surface area contributed by atoms with Gasteiger partial charge >= 0.3 is 128 Å². The van der Waals surface area contributed by atoms with Gasteiger partial charge in [0, 0.05) is 0 Å². The zero-order valence-electron chi connectivity index (χ0n) is 13.1. The van der Waals surface area contributed by atoms with Gasteiger partial charge in [-0.25, -0.2) is 0 Å². The molecule has 0 bridgehead atoms. The smallest absolute Gasteiger partial charge is 1.00 e. The Kier molecular flexibility index (Phi) is 10.3. The van der Waals surface area contributed by atoms with E-state index in [0.717, 1.165) is 6.42 Å². The van der Waals surface area contributed by atoms with Crippen LogP contribution in [0, 0.1) is 0 Å². The minimum absolute atomic E-state index is 0. The third-order valence-electron chi connectivity index (χ3n) is 4.23. The number of allylic oxidation sites excluding steroid dienone is 7. The summed E-state index contributed by atoms with van der Waals surface area (Å²) in [6.45, 7) is 6.91. The molecule has 0 saturated carbocycles. The summed E-state index contributed by atoms with van der Waals surface area (Å²) < 4.78 is 9.85. The quantitative estimate of drug-likeness (QED) is 0.522. The van der Waals surface area contributed by atoms with Crippen molar-refractivity contribution in [3.63, 3.8) is 0 Å². The molecule has 21 heavy (non-hydrogen) atoms. The number of hydrogen-bond acceptors (Lipinski definition) is 1. The predicted octanol–water partition coefficient (Wildman–Crippen LogP) is -0.886. The molecule has 0 amide bonds. The van der Waals surface area contributed by atoms with Crippen LogP contribution in [0.2, 0.25) is 18.1 Å². The fourth-order valence-corrected chi connectivity index (χ4v) is 7.35. The van der Waals surface area contributed by atoms with Crippen molar-refractivity contribution in [1.29, 1.82) is 0 Å². The molecule has 0 heterocycles. The van der Waals surface area contributed by atoms with Gasteiger partial charge in [0.25, 0.3) is 0 Å². The SMILES string of the molecule is CC[Si](CC)(CC)OC1=[C]([Ti+2][C]2=CC=CC2)CC=C1.[Cl-].[Cl-]. The molecular weight excluding hydrogens is 355 g/mol. The normalized spacial score (nSPS) is 16.2. The molecule has 5 heteroatoms. The fraction of sp³-hybridized carbons (Fsp3) is 0.500. The third-order valence-corrected chi connectivity index (χ3v) is 11.0. The van der Waals surface area contributed by atoms with Gasteiger partial charge in [-0.05, 0) is 0 Å². The van der Waals surface area contributed by atoms with Crippen molar-refractivity contribution in [2.45, 2.75) is 51.7 Å². The molecule has 1 nitrogen and oxygen atoms in total.